The van der Waals surface area contributed by atoms with Gasteiger partial charge in [-0.25, -0.2) is 0 Å². The standard InChI is InChI=1S/C28H42N2S6/c1-3-5-7-9-11-13-17-23-25(31-21-15-19-29)35-27(33-23)28-34-24(18-14-12-10-8-6-4-2)26(36-28)32-22-16-20-30/h3-18,21-22H2,1-2H3/b28-27+. The van der Waals surface area contributed by atoms with Crippen molar-refractivity contribution < 1.29 is 0 Å². The van der Waals surface area contributed by atoms with E-state index in [1.54, 1.807) is 0 Å². The zero-order valence-corrected chi connectivity index (χ0v) is 27.0. The highest BCUT2D eigenvalue weighted by atomic mass is 32.2. The van der Waals surface area contributed by atoms with Crippen LogP contribution in [-0.2, 0) is 0 Å². The van der Waals surface area contributed by atoms with Crippen LogP contribution in [0.1, 0.15) is 117 Å². The van der Waals surface area contributed by atoms with Gasteiger partial charge in [-0.3, -0.25) is 0 Å². The second kappa shape index (κ2) is 21.2. The Hall–Kier alpha value is 0.300. The van der Waals surface area contributed by atoms with Crippen molar-refractivity contribution in [1.29, 1.82) is 10.5 Å². The molecule has 0 N–H and O–H groups in total. The molecule has 0 spiro atoms. The summed E-state index contributed by atoms with van der Waals surface area (Å²) in [6, 6.07) is 4.61. The number of rotatable bonds is 20. The van der Waals surface area contributed by atoms with Gasteiger partial charge < -0.3 is 0 Å². The van der Waals surface area contributed by atoms with E-state index in [0.717, 1.165) is 11.5 Å². The minimum absolute atomic E-state index is 0.614. The lowest BCUT2D eigenvalue weighted by Gasteiger charge is -2.05. The van der Waals surface area contributed by atoms with E-state index < -0.39 is 0 Å². The summed E-state index contributed by atoms with van der Waals surface area (Å²) < 4.78 is 5.77. The SMILES string of the molecule is CCCCCCCCC1=C(SCCC#N)S/C(=C2\SC(CCCCCCCC)=C(SCCC#N)S2)S1. The van der Waals surface area contributed by atoms with Crippen molar-refractivity contribution in [3.8, 4) is 12.1 Å². The van der Waals surface area contributed by atoms with Crippen LogP contribution in [0.3, 0.4) is 0 Å². The molecule has 2 rings (SSSR count). The topological polar surface area (TPSA) is 47.6 Å². The number of unbranched alkanes of at least 4 members (excludes halogenated alkanes) is 10. The van der Waals surface area contributed by atoms with Crippen LogP contribution in [0.25, 0.3) is 0 Å². The normalized spacial score (nSPS) is 17.8. The van der Waals surface area contributed by atoms with Crippen molar-refractivity contribution in [2.45, 2.75) is 117 Å². The molecule has 2 nitrogen and oxygen atoms in total. The predicted octanol–water partition coefficient (Wildman–Crippen LogP) is 12.2. The first-order valence-electron chi connectivity index (χ1n) is 13.6. The van der Waals surface area contributed by atoms with Crippen LogP contribution in [-0.4, -0.2) is 11.5 Å². The van der Waals surface area contributed by atoms with E-state index in [1.807, 2.05) is 70.6 Å². The van der Waals surface area contributed by atoms with Gasteiger partial charge in [-0.15, -0.1) is 23.5 Å². The van der Waals surface area contributed by atoms with Crippen LogP contribution in [0.4, 0.5) is 0 Å². The Labute approximate surface area is 246 Å². The zero-order chi connectivity index (χ0) is 25.8. The largest absolute Gasteiger partial charge is 0.198 e. The summed E-state index contributed by atoms with van der Waals surface area (Å²) in [5.74, 6) is 1.78. The molecular weight excluding hydrogens is 557 g/mol. The van der Waals surface area contributed by atoms with E-state index in [1.165, 1.54) is 117 Å². The average Bonchev–Trinajstić information content (AvgIpc) is 3.48. The second-order valence-electron chi connectivity index (χ2n) is 8.95. The predicted molar refractivity (Wildman–Crippen MR) is 173 cm³/mol. The van der Waals surface area contributed by atoms with Gasteiger partial charge in [0.15, 0.2) is 0 Å². The van der Waals surface area contributed by atoms with Gasteiger partial charge in [0, 0.05) is 34.2 Å². The third kappa shape index (κ3) is 12.9. The molecule has 0 saturated carbocycles. The van der Waals surface area contributed by atoms with Gasteiger partial charge in [-0.05, 0) is 25.7 Å². The van der Waals surface area contributed by atoms with Gasteiger partial charge in [0.2, 0.25) is 0 Å². The number of nitriles is 2. The number of hydrogen-bond acceptors (Lipinski definition) is 8. The Morgan fingerprint density at radius 3 is 1.33 bits per heavy atom. The molecule has 0 aliphatic carbocycles. The van der Waals surface area contributed by atoms with Gasteiger partial charge in [-0.2, -0.15) is 10.5 Å². The van der Waals surface area contributed by atoms with Crippen LogP contribution in [0.15, 0.2) is 26.8 Å². The molecule has 2 heterocycles. The van der Waals surface area contributed by atoms with E-state index in [-0.39, 0.29) is 0 Å². The molecular formula is C28H42N2S6. The van der Waals surface area contributed by atoms with Crippen molar-refractivity contribution in [1.82, 2.24) is 0 Å². The molecule has 36 heavy (non-hydrogen) atoms. The zero-order valence-electron chi connectivity index (χ0n) is 22.1. The number of nitrogens with zero attached hydrogens (tertiary/aromatic N) is 2. The van der Waals surface area contributed by atoms with E-state index in [0.29, 0.717) is 12.8 Å². The third-order valence-electron chi connectivity index (χ3n) is 5.83. The Morgan fingerprint density at radius 2 is 0.944 bits per heavy atom. The van der Waals surface area contributed by atoms with Gasteiger partial charge in [0.05, 0.1) is 29.1 Å². The molecule has 2 aliphatic rings. The Balaban J connectivity index is 1.98. The molecule has 0 aromatic heterocycles. The van der Waals surface area contributed by atoms with Gasteiger partial charge >= 0.3 is 0 Å². The summed E-state index contributed by atoms with van der Waals surface area (Å²) in [6.07, 6.45) is 19.5. The molecule has 0 atom stereocenters. The maximum Gasteiger partial charge on any atom is 0.0708 e. The maximum atomic E-state index is 9.02. The van der Waals surface area contributed by atoms with Crippen molar-refractivity contribution in [2.75, 3.05) is 11.5 Å². The Morgan fingerprint density at radius 1 is 0.556 bits per heavy atom. The second-order valence-corrected chi connectivity index (χ2v) is 16.4. The average molecular weight is 599 g/mol. The van der Waals surface area contributed by atoms with Crippen LogP contribution in [0, 0.1) is 22.7 Å². The maximum absolute atomic E-state index is 9.02. The quantitative estimate of drug-likeness (QED) is 0.128. The molecule has 2 aliphatic heterocycles. The van der Waals surface area contributed by atoms with Crippen molar-refractivity contribution in [2.24, 2.45) is 0 Å². The molecule has 8 heteroatoms. The summed E-state index contributed by atoms with van der Waals surface area (Å²) in [4.78, 5) is 3.07. The van der Waals surface area contributed by atoms with E-state index in [9.17, 15) is 0 Å². The molecule has 0 saturated heterocycles. The minimum atomic E-state index is 0.614. The molecule has 0 radical (unpaired) electrons. The lowest BCUT2D eigenvalue weighted by molar-refractivity contribution is 0.610. The highest BCUT2D eigenvalue weighted by Gasteiger charge is 2.30. The highest BCUT2D eigenvalue weighted by Crippen LogP contribution is 2.64. The van der Waals surface area contributed by atoms with Crippen LogP contribution in [0.2, 0.25) is 0 Å². The fourth-order valence-electron chi connectivity index (χ4n) is 3.83. The first-order chi connectivity index (χ1) is 17.7. The summed E-state index contributed by atoms with van der Waals surface area (Å²) >= 11 is 11.7. The third-order valence-corrected chi connectivity index (χ3v) is 14.6. The molecule has 0 amide bonds. The molecule has 0 bridgehead atoms. The fraction of sp³-hybridized carbons (Fsp3) is 0.714. The lowest BCUT2D eigenvalue weighted by atomic mass is 10.1. The number of thioether (sulfide) groups is 6. The smallest absolute Gasteiger partial charge is 0.0708 e. The number of allylic oxidation sites excluding steroid dienone is 2. The molecule has 200 valence electrons. The molecule has 0 fully saturated rings. The minimum Gasteiger partial charge on any atom is -0.198 e. The molecule has 0 aromatic rings. The van der Waals surface area contributed by atoms with Crippen LogP contribution < -0.4 is 0 Å². The summed E-state index contributed by atoms with van der Waals surface area (Å²) in [5, 5.41) is 18.0. The molecule has 0 unspecified atom stereocenters. The Bertz CT molecular complexity index is 766. The van der Waals surface area contributed by atoms with Gasteiger partial charge in [-0.1, -0.05) is 125 Å². The summed E-state index contributed by atoms with van der Waals surface area (Å²) in [7, 11) is 0. The monoisotopic (exact) mass is 598 g/mol. The molecule has 0 aromatic carbocycles. The van der Waals surface area contributed by atoms with Crippen LogP contribution >= 0.6 is 70.6 Å². The van der Waals surface area contributed by atoms with Crippen molar-refractivity contribution in [3.63, 3.8) is 0 Å². The lowest BCUT2D eigenvalue weighted by Crippen LogP contribution is -1.83. The van der Waals surface area contributed by atoms with Crippen molar-refractivity contribution in [3.05, 3.63) is 26.8 Å². The first-order valence-corrected chi connectivity index (χ1v) is 18.9. The van der Waals surface area contributed by atoms with Gasteiger partial charge in [0.1, 0.15) is 0 Å². The van der Waals surface area contributed by atoms with E-state index in [2.05, 4.69) is 26.0 Å². The van der Waals surface area contributed by atoms with Crippen LogP contribution in [0.5, 0.6) is 0 Å². The van der Waals surface area contributed by atoms with Crippen molar-refractivity contribution >= 4 is 70.6 Å². The van der Waals surface area contributed by atoms with Gasteiger partial charge in [0.25, 0.3) is 0 Å². The fourth-order valence-corrected chi connectivity index (χ4v) is 12.7. The van der Waals surface area contributed by atoms with E-state index in [4.69, 9.17) is 10.5 Å². The van der Waals surface area contributed by atoms with E-state index >= 15 is 0 Å². The number of hydrogen-bond donors (Lipinski definition) is 0. The summed E-state index contributed by atoms with van der Waals surface area (Å²) in [5.41, 5.74) is 0. The summed E-state index contributed by atoms with van der Waals surface area (Å²) in [6.45, 7) is 4.55. The highest BCUT2D eigenvalue weighted by molar-refractivity contribution is 8.40. The Kier molecular flexibility index (Phi) is 19.1. The first kappa shape index (κ1) is 32.5.